The van der Waals surface area contributed by atoms with Crippen LogP contribution in [0.2, 0.25) is 0 Å². The summed E-state index contributed by atoms with van der Waals surface area (Å²) in [5.41, 5.74) is 0.753. The van der Waals surface area contributed by atoms with E-state index in [2.05, 4.69) is 10.6 Å². The molecule has 4 amide bonds. The summed E-state index contributed by atoms with van der Waals surface area (Å²) in [5, 5.41) is 18.1. The number of ether oxygens (including phenoxy) is 2. The van der Waals surface area contributed by atoms with E-state index in [1.807, 2.05) is 60.6 Å². The highest BCUT2D eigenvalue weighted by Crippen LogP contribution is 2.34. The van der Waals surface area contributed by atoms with Gasteiger partial charge in [-0.3, -0.25) is 24.2 Å². The Bertz CT molecular complexity index is 1690. The van der Waals surface area contributed by atoms with Crippen LogP contribution in [0, 0.1) is 23.2 Å². The number of hydrogen-bond acceptors (Lipinski definition) is 10. The molecule has 4 rings (SSSR count). The third-order valence-electron chi connectivity index (χ3n) is 12.0. The second kappa shape index (κ2) is 20.4. The average molecular weight is 826 g/mol. The smallest absolute Gasteiger partial charge is 0.329 e. The van der Waals surface area contributed by atoms with Crippen LogP contribution in [-0.4, -0.2) is 118 Å². The van der Waals surface area contributed by atoms with Crippen molar-refractivity contribution in [1.29, 1.82) is 0 Å². The summed E-state index contributed by atoms with van der Waals surface area (Å²) in [5.74, 6) is -1.57. The lowest BCUT2D eigenvalue weighted by Gasteiger charge is -2.36. The van der Waals surface area contributed by atoms with Crippen LogP contribution >= 0.6 is 11.8 Å². The lowest BCUT2D eigenvalue weighted by atomic mass is 9.81. The van der Waals surface area contributed by atoms with Gasteiger partial charge in [0, 0.05) is 37.3 Å². The normalized spacial score (nSPS) is 31.8. The maximum absolute atomic E-state index is 14.3. The fourth-order valence-electron chi connectivity index (χ4n) is 7.64. The van der Waals surface area contributed by atoms with E-state index >= 15 is 0 Å². The van der Waals surface area contributed by atoms with Gasteiger partial charge in [-0.2, -0.15) is 0 Å². The SMILES string of the molecule is CC[C@H](C)[C@@H]1NC(=O)[C@H](C)N(C)C(=O)[C@H](Cc2ccc(OC)cc2)NC(=O)/C(C)=C\[C@H]2CSC(=N2)[C@@H](C)[C@@H](O)C[C@H](C)CC(C(C)(C)C)OC(=O)[C@@H]2CCCN2C1=O. The van der Waals surface area contributed by atoms with Crippen LogP contribution in [0.15, 0.2) is 40.9 Å². The van der Waals surface area contributed by atoms with Gasteiger partial charge in [0.1, 0.15) is 36.0 Å². The average Bonchev–Trinajstić information content (AvgIpc) is 3.87. The number of benzene rings is 1. The van der Waals surface area contributed by atoms with Gasteiger partial charge in [0.15, 0.2) is 0 Å². The molecule has 58 heavy (non-hydrogen) atoms. The predicted octanol–water partition coefficient (Wildman–Crippen LogP) is 4.94. The van der Waals surface area contributed by atoms with Gasteiger partial charge in [-0.05, 0) is 74.5 Å². The monoisotopic (exact) mass is 825 g/mol. The molecule has 0 spiro atoms. The van der Waals surface area contributed by atoms with Crippen LogP contribution in [0.5, 0.6) is 5.75 Å². The Morgan fingerprint density at radius 3 is 2.33 bits per heavy atom. The van der Waals surface area contributed by atoms with Crippen molar-refractivity contribution in [2.75, 3.05) is 26.5 Å². The molecule has 0 aromatic heterocycles. The van der Waals surface area contributed by atoms with Crippen LogP contribution in [0.1, 0.15) is 100.0 Å². The van der Waals surface area contributed by atoms with Crippen molar-refractivity contribution < 1.29 is 38.6 Å². The minimum atomic E-state index is -1.03. The number of carbonyl (C=O) groups excluding carboxylic acids is 5. The molecule has 1 fully saturated rings. The number of fused-ring (bicyclic) bond motifs is 2. The number of carbonyl (C=O) groups is 5. The minimum absolute atomic E-state index is 0.00223. The van der Waals surface area contributed by atoms with Crippen molar-refractivity contribution in [1.82, 2.24) is 20.4 Å². The summed E-state index contributed by atoms with van der Waals surface area (Å²) >= 11 is 1.56. The van der Waals surface area contributed by atoms with E-state index in [1.165, 1.54) is 11.9 Å². The van der Waals surface area contributed by atoms with Gasteiger partial charge in [-0.25, -0.2) is 4.79 Å². The van der Waals surface area contributed by atoms with Gasteiger partial charge in [0.05, 0.1) is 24.3 Å². The Morgan fingerprint density at radius 2 is 1.71 bits per heavy atom. The number of hydrogen-bond donors (Lipinski definition) is 3. The molecular weight excluding hydrogens is 759 g/mol. The number of nitrogens with one attached hydrogen (secondary N) is 2. The number of aliphatic hydroxyl groups is 1. The van der Waals surface area contributed by atoms with Gasteiger partial charge < -0.3 is 35.0 Å². The standard InChI is InChI=1S/C44H67N5O8S/c1-12-26(3)37-42(54)49-19-13-14-34(49)43(55)57-36(44(7,8)9)21-25(2)20-35(50)28(5)40-45-31(24-58-40)22-27(4)38(51)46-33(23-30-15-17-32(56-11)18-16-30)41(53)48(10)29(6)39(52)47-37/h15-18,22,25-26,28-29,31,33-37,50H,12-14,19-21,23-24H2,1-11H3,(H,46,51)(H,47,52)/b27-22-/t25-,26-,28-,29-,31-,33-,34-,35-,36?,37-/m0/s1. The molecule has 3 heterocycles. The summed E-state index contributed by atoms with van der Waals surface area (Å²) in [7, 11) is 3.07. The van der Waals surface area contributed by atoms with Crippen molar-refractivity contribution in [3.8, 4) is 5.75 Å². The topological polar surface area (TPSA) is 167 Å². The first kappa shape index (κ1) is 46.8. The lowest BCUT2D eigenvalue weighted by Crippen LogP contribution is -2.59. The van der Waals surface area contributed by atoms with Crippen LogP contribution in [0.3, 0.4) is 0 Å². The number of methoxy groups -OCH3 is 1. The minimum Gasteiger partial charge on any atom is -0.497 e. The highest BCUT2D eigenvalue weighted by molar-refractivity contribution is 8.14. The molecule has 322 valence electrons. The summed E-state index contributed by atoms with van der Waals surface area (Å²) < 4.78 is 11.6. The number of thioether (sulfide) groups is 1. The number of aliphatic hydroxyl groups excluding tert-OH is 1. The Hall–Kier alpha value is -3.91. The van der Waals surface area contributed by atoms with E-state index in [9.17, 15) is 29.1 Å². The van der Waals surface area contributed by atoms with E-state index in [0.29, 0.717) is 55.7 Å². The molecule has 3 N–H and O–H groups in total. The Labute approximate surface area is 349 Å². The quantitative estimate of drug-likeness (QED) is 0.349. The summed E-state index contributed by atoms with van der Waals surface area (Å²) in [6.07, 6.45) is 3.38. The van der Waals surface area contributed by atoms with Crippen molar-refractivity contribution in [2.45, 2.75) is 143 Å². The molecule has 1 aromatic rings. The van der Waals surface area contributed by atoms with Crippen LogP contribution < -0.4 is 15.4 Å². The molecule has 14 heteroatoms. The summed E-state index contributed by atoms with van der Waals surface area (Å²) in [6, 6.07) is 3.10. The van der Waals surface area contributed by atoms with E-state index < -0.39 is 65.5 Å². The van der Waals surface area contributed by atoms with Crippen molar-refractivity contribution in [3.63, 3.8) is 0 Å². The van der Waals surface area contributed by atoms with Gasteiger partial charge in [0.2, 0.25) is 23.6 Å². The van der Waals surface area contributed by atoms with E-state index in [0.717, 1.165) is 10.6 Å². The zero-order valence-electron chi connectivity index (χ0n) is 36.4. The molecule has 1 aromatic carbocycles. The molecule has 13 nitrogen and oxygen atoms in total. The van der Waals surface area contributed by atoms with Crippen molar-refractivity contribution in [2.24, 2.45) is 28.2 Å². The molecule has 1 saturated heterocycles. The number of cyclic esters (lactones) is 1. The molecule has 10 atom stereocenters. The number of amides is 4. The first-order chi connectivity index (χ1) is 27.2. The largest absolute Gasteiger partial charge is 0.497 e. The molecule has 1 unspecified atom stereocenters. The van der Waals surface area contributed by atoms with Gasteiger partial charge >= 0.3 is 5.97 Å². The van der Waals surface area contributed by atoms with Gasteiger partial charge in [-0.1, -0.05) is 73.1 Å². The molecule has 3 aliphatic rings. The lowest BCUT2D eigenvalue weighted by molar-refractivity contribution is -0.165. The number of rotatable bonds is 5. The number of esters is 1. The maximum Gasteiger partial charge on any atom is 0.329 e. The van der Waals surface area contributed by atoms with Crippen LogP contribution in [0.25, 0.3) is 0 Å². The predicted molar refractivity (Wildman–Crippen MR) is 227 cm³/mol. The van der Waals surface area contributed by atoms with Gasteiger partial charge in [0.25, 0.3) is 0 Å². The highest BCUT2D eigenvalue weighted by atomic mass is 32.2. The second-order valence-electron chi connectivity index (χ2n) is 17.7. The van der Waals surface area contributed by atoms with Crippen molar-refractivity contribution in [3.05, 3.63) is 41.5 Å². The third kappa shape index (κ3) is 11.9. The van der Waals surface area contributed by atoms with Gasteiger partial charge in [-0.15, -0.1) is 11.8 Å². The highest BCUT2D eigenvalue weighted by Gasteiger charge is 2.43. The zero-order valence-corrected chi connectivity index (χ0v) is 37.2. The Balaban J connectivity index is 1.71. The Morgan fingerprint density at radius 1 is 1.03 bits per heavy atom. The van der Waals surface area contributed by atoms with Crippen LogP contribution in [-0.2, 0) is 35.1 Å². The number of likely N-dealkylation sites (N-methyl/N-ethyl adjacent to an activating group) is 1. The Kier molecular flexibility index (Phi) is 16.4. The molecule has 0 saturated carbocycles. The molecular formula is C44H67N5O8S. The van der Waals surface area contributed by atoms with Crippen LogP contribution in [0.4, 0.5) is 0 Å². The number of nitrogens with zero attached hydrogens (tertiary/aromatic N) is 3. The van der Waals surface area contributed by atoms with E-state index in [4.69, 9.17) is 14.5 Å². The first-order valence-corrected chi connectivity index (χ1v) is 21.8. The fourth-order valence-corrected chi connectivity index (χ4v) is 8.78. The first-order valence-electron chi connectivity index (χ1n) is 20.8. The fraction of sp³-hybridized carbons (Fsp3) is 0.682. The maximum atomic E-state index is 14.3. The molecule has 0 radical (unpaired) electrons. The third-order valence-corrected chi connectivity index (χ3v) is 13.3. The molecule has 0 aliphatic carbocycles. The van der Waals surface area contributed by atoms with E-state index in [-0.39, 0.29) is 36.1 Å². The number of aliphatic imine (C=N–C) groups is 1. The molecule has 2 bridgehead atoms. The second-order valence-corrected chi connectivity index (χ2v) is 18.7. The summed E-state index contributed by atoms with van der Waals surface area (Å²) in [6.45, 7) is 17.5. The van der Waals surface area contributed by atoms with Crippen molar-refractivity contribution >= 4 is 46.4 Å². The van der Waals surface area contributed by atoms with E-state index in [1.54, 1.807) is 55.8 Å². The zero-order chi connectivity index (χ0) is 43.1. The molecule has 3 aliphatic heterocycles. The summed E-state index contributed by atoms with van der Waals surface area (Å²) in [4.78, 5) is 78.0.